The summed E-state index contributed by atoms with van der Waals surface area (Å²) >= 11 is 0. The molecule has 0 spiro atoms. The van der Waals surface area contributed by atoms with E-state index in [2.05, 4.69) is 15.1 Å². The van der Waals surface area contributed by atoms with Gasteiger partial charge in [0.15, 0.2) is 23.3 Å². The van der Waals surface area contributed by atoms with Crippen molar-refractivity contribution in [3.05, 3.63) is 77.0 Å². The first-order chi connectivity index (χ1) is 16.1. The summed E-state index contributed by atoms with van der Waals surface area (Å²) in [5, 5.41) is 4.71. The summed E-state index contributed by atoms with van der Waals surface area (Å²) in [5.74, 6) is 1.76. The number of likely N-dealkylation sites (N-methyl/N-ethyl adjacent to an activating group) is 1. The average molecular weight is 445 g/mol. The first-order valence-corrected chi connectivity index (χ1v) is 10.7. The number of amides is 1. The zero-order chi connectivity index (χ0) is 22.8. The molecule has 33 heavy (non-hydrogen) atoms. The van der Waals surface area contributed by atoms with E-state index in [1.54, 1.807) is 16.6 Å². The number of hydrogen-bond acceptors (Lipinski definition) is 6. The van der Waals surface area contributed by atoms with Gasteiger partial charge in [-0.1, -0.05) is 30.3 Å². The second kappa shape index (κ2) is 8.78. The molecule has 0 aliphatic carbocycles. The maximum absolute atomic E-state index is 12.7. The van der Waals surface area contributed by atoms with Gasteiger partial charge in [0.05, 0.1) is 18.4 Å². The van der Waals surface area contributed by atoms with Crippen molar-refractivity contribution in [1.29, 1.82) is 0 Å². The number of ether oxygens (including phenoxy) is 2. The Bertz CT molecular complexity index is 1350. The van der Waals surface area contributed by atoms with E-state index < -0.39 is 0 Å². The molecule has 4 aromatic rings. The molecule has 1 atom stereocenters. The maximum atomic E-state index is 12.7. The van der Waals surface area contributed by atoms with Crippen molar-refractivity contribution < 1.29 is 14.3 Å². The van der Waals surface area contributed by atoms with Crippen molar-refractivity contribution in [2.45, 2.75) is 18.9 Å². The van der Waals surface area contributed by atoms with Crippen LogP contribution < -0.4 is 15.0 Å². The third-order valence-electron chi connectivity index (χ3n) is 5.53. The van der Waals surface area contributed by atoms with Gasteiger partial charge in [-0.25, -0.2) is 9.67 Å². The standard InChI is InChI=1S/C24H23N5O4/c1-28(14-17-15-32-19-9-5-6-10-20(19)33-17)22(30)12-11-21-26-23-18(24(31)27-21)13-25-29(23)16-7-3-2-4-8-16/h2-10,13,17H,11-12,14-15H2,1H3,(H,26,27,31). The molecule has 1 amide bonds. The van der Waals surface area contributed by atoms with Gasteiger partial charge >= 0.3 is 0 Å². The molecule has 5 rings (SSSR count). The molecule has 1 aliphatic heterocycles. The first-order valence-electron chi connectivity index (χ1n) is 10.7. The number of hydrogen-bond donors (Lipinski definition) is 1. The lowest BCUT2D eigenvalue weighted by Gasteiger charge is -2.29. The van der Waals surface area contributed by atoms with Gasteiger partial charge < -0.3 is 19.4 Å². The number of nitrogens with one attached hydrogen (secondary N) is 1. The summed E-state index contributed by atoms with van der Waals surface area (Å²) in [6.07, 6.45) is 1.76. The highest BCUT2D eigenvalue weighted by Gasteiger charge is 2.23. The minimum Gasteiger partial charge on any atom is -0.486 e. The summed E-state index contributed by atoms with van der Waals surface area (Å²) < 4.78 is 13.3. The van der Waals surface area contributed by atoms with Crippen molar-refractivity contribution in [2.75, 3.05) is 20.2 Å². The normalized spacial score (nSPS) is 14.9. The van der Waals surface area contributed by atoms with Crippen molar-refractivity contribution >= 4 is 16.9 Å². The van der Waals surface area contributed by atoms with Crippen molar-refractivity contribution in [3.63, 3.8) is 0 Å². The molecule has 2 aromatic carbocycles. The number of H-pyrrole nitrogens is 1. The second-order valence-corrected chi connectivity index (χ2v) is 7.91. The maximum Gasteiger partial charge on any atom is 0.262 e. The van der Waals surface area contributed by atoms with E-state index in [4.69, 9.17) is 9.47 Å². The molecule has 2 aromatic heterocycles. The van der Waals surface area contributed by atoms with Crippen LogP contribution in [0.4, 0.5) is 0 Å². The molecule has 0 saturated carbocycles. The Hall–Kier alpha value is -4.14. The van der Waals surface area contributed by atoms with Crippen molar-refractivity contribution in [1.82, 2.24) is 24.6 Å². The smallest absolute Gasteiger partial charge is 0.262 e. The van der Waals surface area contributed by atoms with Gasteiger partial charge in [-0.05, 0) is 24.3 Å². The van der Waals surface area contributed by atoms with Crippen molar-refractivity contribution in [3.8, 4) is 17.2 Å². The van der Waals surface area contributed by atoms with Crippen LogP contribution in [0.5, 0.6) is 11.5 Å². The summed E-state index contributed by atoms with van der Waals surface area (Å²) in [6, 6.07) is 17.0. The fourth-order valence-electron chi connectivity index (χ4n) is 3.82. The molecule has 9 heteroatoms. The number of carbonyl (C=O) groups is 1. The number of benzene rings is 2. The number of aryl methyl sites for hydroxylation is 1. The number of nitrogens with zero attached hydrogens (tertiary/aromatic N) is 4. The molecule has 0 fully saturated rings. The lowest BCUT2D eigenvalue weighted by molar-refractivity contribution is -0.131. The molecule has 1 aliphatic rings. The molecule has 168 valence electrons. The Morgan fingerprint density at radius 1 is 1.15 bits per heavy atom. The Morgan fingerprint density at radius 3 is 2.73 bits per heavy atom. The Morgan fingerprint density at radius 2 is 1.91 bits per heavy atom. The van der Waals surface area contributed by atoms with Crippen LogP contribution in [0.2, 0.25) is 0 Å². The molecule has 9 nitrogen and oxygen atoms in total. The van der Waals surface area contributed by atoms with Gasteiger partial charge in [-0.2, -0.15) is 5.10 Å². The quantitative estimate of drug-likeness (QED) is 0.489. The number of para-hydroxylation sites is 3. The first kappa shape index (κ1) is 20.7. The molecular weight excluding hydrogens is 422 g/mol. The van der Waals surface area contributed by atoms with E-state index in [0.29, 0.717) is 47.9 Å². The third kappa shape index (κ3) is 4.30. The molecule has 1 unspecified atom stereocenters. The van der Waals surface area contributed by atoms with Gasteiger partial charge in [-0.3, -0.25) is 9.59 Å². The van der Waals surface area contributed by atoms with Crippen LogP contribution in [0, 0.1) is 0 Å². The van der Waals surface area contributed by atoms with Gasteiger partial charge in [0.25, 0.3) is 5.56 Å². The highest BCUT2D eigenvalue weighted by Crippen LogP contribution is 2.31. The lowest BCUT2D eigenvalue weighted by atomic mass is 10.2. The third-order valence-corrected chi connectivity index (χ3v) is 5.53. The van der Waals surface area contributed by atoms with Crippen LogP contribution >= 0.6 is 0 Å². The van der Waals surface area contributed by atoms with Crippen LogP contribution in [0.1, 0.15) is 12.2 Å². The minimum atomic E-state index is -0.274. The van der Waals surface area contributed by atoms with E-state index in [1.807, 2.05) is 54.6 Å². The number of aromatic amines is 1. The highest BCUT2D eigenvalue weighted by molar-refractivity contribution is 5.77. The zero-order valence-corrected chi connectivity index (χ0v) is 18.1. The molecule has 0 bridgehead atoms. The number of aromatic nitrogens is 4. The van der Waals surface area contributed by atoms with Crippen LogP contribution in [-0.4, -0.2) is 56.9 Å². The average Bonchev–Trinajstić information content (AvgIpc) is 3.27. The SMILES string of the molecule is CN(CC1COc2ccccc2O1)C(=O)CCc1nc2c(cnn2-c2ccccc2)c(=O)[nH]1. The molecule has 3 heterocycles. The van der Waals surface area contributed by atoms with Gasteiger partial charge in [-0.15, -0.1) is 0 Å². The number of carbonyl (C=O) groups excluding carboxylic acids is 1. The summed E-state index contributed by atoms with van der Waals surface area (Å²) in [4.78, 5) is 34.2. The summed E-state index contributed by atoms with van der Waals surface area (Å²) in [6.45, 7) is 0.778. The van der Waals surface area contributed by atoms with Crippen LogP contribution in [0.15, 0.2) is 65.6 Å². The van der Waals surface area contributed by atoms with E-state index in [-0.39, 0.29) is 24.0 Å². The summed E-state index contributed by atoms with van der Waals surface area (Å²) in [5.41, 5.74) is 1.00. The van der Waals surface area contributed by atoms with Gasteiger partial charge in [0.1, 0.15) is 17.8 Å². The predicted octanol–water partition coefficient (Wildman–Crippen LogP) is 2.34. The highest BCUT2D eigenvalue weighted by atomic mass is 16.6. The summed E-state index contributed by atoms with van der Waals surface area (Å²) in [7, 11) is 1.73. The van der Waals surface area contributed by atoms with Gasteiger partial charge in [0, 0.05) is 19.9 Å². The fraction of sp³-hybridized carbons (Fsp3) is 0.250. The van der Waals surface area contributed by atoms with Crippen LogP contribution in [0.3, 0.4) is 0 Å². The van der Waals surface area contributed by atoms with Gasteiger partial charge in [0.2, 0.25) is 5.91 Å². The van der Waals surface area contributed by atoms with E-state index >= 15 is 0 Å². The van der Waals surface area contributed by atoms with E-state index in [1.165, 1.54) is 6.20 Å². The van der Waals surface area contributed by atoms with E-state index in [9.17, 15) is 9.59 Å². The minimum absolute atomic E-state index is 0.0724. The van der Waals surface area contributed by atoms with Crippen LogP contribution in [0.25, 0.3) is 16.7 Å². The second-order valence-electron chi connectivity index (χ2n) is 7.91. The molecule has 0 radical (unpaired) electrons. The monoisotopic (exact) mass is 445 g/mol. The van der Waals surface area contributed by atoms with Crippen molar-refractivity contribution in [2.24, 2.45) is 0 Å². The zero-order valence-electron chi connectivity index (χ0n) is 18.1. The fourth-order valence-corrected chi connectivity index (χ4v) is 3.82. The lowest BCUT2D eigenvalue weighted by Crippen LogP contribution is -2.41. The molecular formula is C24H23N5O4. The Labute approximate surface area is 189 Å². The number of fused-ring (bicyclic) bond motifs is 2. The largest absolute Gasteiger partial charge is 0.486 e. The number of rotatable bonds is 6. The topological polar surface area (TPSA) is 102 Å². The van der Waals surface area contributed by atoms with Crippen LogP contribution in [-0.2, 0) is 11.2 Å². The molecule has 0 saturated heterocycles. The van der Waals surface area contributed by atoms with E-state index in [0.717, 1.165) is 5.69 Å². The molecule has 1 N–H and O–H groups in total. The Kier molecular flexibility index (Phi) is 5.52. The predicted molar refractivity (Wildman–Crippen MR) is 122 cm³/mol. The Balaban J connectivity index is 1.25.